The quantitative estimate of drug-likeness (QED) is 0.827. The summed E-state index contributed by atoms with van der Waals surface area (Å²) in [5.74, 6) is 0.200. The maximum absolute atomic E-state index is 12.5. The van der Waals surface area contributed by atoms with Gasteiger partial charge in [-0.05, 0) is 31.7 Å². The first-order chi connectivity index (χ1) is 10.2. The Labute approximate surface area is 124 Å². The standard InChI is InChI=1S/C15H22N4O2/c20-14-6-3-8-17(14)12-15(21)19-10-2-1-5-13(19)11-18-9-4-7-16-18/h4,7,9,13H,1-3,5-6,8,10-12H2/t13-/m0/s1. The lowest BCUT2D eigenvalue weighted by molar-refractivity contribution is -0.141. The topological polar surface area (TPSA) is 58.4 Å². The maximum Gasteiger partial charge on any atom is 0.242 e. The van der Waals surface area contributed by atoms with Crippen molar-refractivity contribution in [2.24, 2.45) is 0 Å². The first-order valence-corrected chi connectivity index (χ1v) is 7.79. The molecule has 1 aromatic heterocycles. The van der Waals surface area contributed by atoms with E-state index in [9.17, 15) is 9.59 Å². The zero-order valence-electron chi connectivity index (χ0n) is 12.3. The number of rotatable bonds is 4. The summed E-state index contributed by atoms with van der Waals surface area (Å²) in [5, 5.41) is 4.23. The lowest BCUT2D eigenvalue weighted by Gasteiger charge is -2.36. The van der Waals surface area contributed by atoms with Gasteiger partial charge in [-0.15, -0.1) is 0 Å². The number of nitrogens with zero attached hydrogens (tertiary/aromatic N) is 4. The molecule has 2 amide bonds. The highest BCUT2D eigenvalue weighted by atomic mass is 16.2. The van der Waals surface area contributed by atoms with E-state index in [0.717, 1.165) is 45.3 Å². The van der Waals surface area contributed by atoms with Gasteiger partial charge >= 0.3 is 0 Å². The minimum atomic E-state index is 0.0853. The molecule has 0 bridgehead atoms. The van der Waals surface area contributed by atoms with Gasteiger partial charge in [0.25, 0.3) is 0 Å². The van der Waals surface area contributed by atoms with E-state index < -0.39 is 0 Å². The molecule has 114 valence electrons. The molecule has 1 aromatic rings. The Kier molecular flexibility index (Phi) is 4.22. The summed E-state index contributed by atoms with van der Waals surface area (Å²) in [4.78, 5) is 27.9. The molecule has 6 nitrogen and oxygen atoms in total. The van der Waals surface area contributed by atoms with E-state index in [1.165, 1.54) is 0 Å². The molecule has 0 aliphatic carbocycles. The summed E-state index contributed by atoms with van der Waals surface area (Å²) < 4.78 is 1.89. The van der Waals surface area contributed by atoms with E-state index in [1.807, 2.05) is 21.8 Å². The molecule has 0 saturated carbocycles. The predicted molar refractivity (Wildman–Crippen MR) is 77.4 cm³/mol. The molecule has 21 heavy (non-hydrogen) atoms. The van der Waals surface area contributed by atoms with Crippen molar-refractivity contribution in [1.29, 1.82) is 0 Å². The van der Waals surface area contributed by atoms with Gasteiger partial charge in [-0.25, -0.2) is 0 Å². The van der Waals surface area contributed by atoms with Crippen LogP contribution < -0.4 is 0 Å². The third-order valence-electron chi connectivity index (χ3n) is 4.40. The molecule has 0 spiro atoms. The van der Waals surface area contributed by atoms with Crippen LogP contribution in [0.2, 0.25) is 0 Å². The molecule has 6 heteroatoms. The third kappa shape index (κ3) is 3.25. The van der Waals surface area contributed by atoms with Crippen LogP contribution in [0.5, 0.6) is 0 Å². The minimum Gasteiger partial charge on any atom is -0.336 e. The van der Waals surface area contributed by atoms with Crippen LogP contribution in [-0.4, -0.2) is 57.1 Å². The fraction of sp³-hybridized carbons (Fsp3) is 0.667. The minimum absolute atomic E-state index is 0.0853. The molecule has 1 atom stereocenters. The smallest absolute Gasteiger partial charge is 0.242 e. The Balaban J connectivity index is 1.62. The van der Waals surface area contributed by atoms with E-state index in [2.05, 4.69) is 5.10 Å². The summed E-state index contributed by atoms with van der Waals surface area (Å²) in [6.45, 7) is 2.51. The van der Waals surface area contributed by atoms with Crippen molar-refractivity contribution < 1.29 is 9.59 Å². The SMILES string of the molecule is O=C1CCCN1CC(=O)N1CCCC[C@H]1Cn1cccn1. The summed E-state index contributed by atoms with van der Waals surface area (Å²) in [6.07, 6.45) is 8.37. The largest absolute Gasteiger partial charge is 0.336 e. The fourth-order valence-corrected chi connectivity index (χ4v) is 3.27. The normalized spacial score (nSPS) is 22.9. The number of likely N-dealkylation sites (tertiary alicyclic amines) is 2. The molecule has 2 fully saturated rings. The Morgan fingerprint density at radius 2 is 2.19 bits per heavy atom. The van der Waals surface area contributed by atoms with Crippen LogP contribution in [0.15, 0.2) is 18.5 Å². The number of amides is 2. The van der Waals surface area contributed by atoms with Gasteiger partial charge in [0.2, 0.25) is 11.8 Å². The van der Waals surface area contributed by atoms with Gasteiger partial charge in [0, 0.05) is 31.9 Å². The molecule has 0 aromatic carbocycles. The molecule has 0 N–H and O–H groups in total. The number of hydrogen-bond donors (Lipinski definition) is 0. The van der Waals surface area contributed by atoms with Crippen molar-refractivity contribution in [3.8, 4) is 0 Å². The average molecular weight is 290 g/mol. The number of carbonyl (C=O) groups is 2. The fourth-order valence-electron chi connectivity index (χ4n) is 3.27. The van der Waals surface area contributed by atoms with E-state index in [4.69, 9.17) is 0 Å². The van der Waals surface area contributed by atoms with E-state index in [-0.39, 0.29) is 24.4 Å². The monoisotopic (exact) mass is 290 g/mol. The zero-order chi connectivity index (χ0) is 14.7. The molecule has 3 rings (SSSR count). The van der Waals surface area contributed by atoms with E-state index in [1.54, 1.807) is 11.1 Å². The van der Waals surface area contributed by atoms with Gasteiger partial charge in [-0.2, -0.15) is 5.10 Å². The number of carbonyl (C=O) groups excluding carboxylic acids is 2. The maximum atomic E-state index is 12.5. The van der Waals surface area contributed by atoms with Crippen LogP contribution in [0.1, 0.15) is 32.1 Å². The van der Waals surface area contributed by atoms with Gasteiger partial charge in [-0.3, -0.25) is 14.3 Å². The van der Waals surface area contributed by atoms with Gasteiger partial charge in [0.15, 0.2) is 0 Å². The first-order valence-electron chi connectivity index (χ1n) is 7.79. The molecule has 2 aliphatic heterocycles. The lowest BCUT2D eigenvalue weighted by Crippen LogP contribution is -2.49. The summed E-state index contributed by atoms with van der Waals surface area (Å²) in [7, 11) is 0. The number of hydrogen-bond acceptors (Lipinski definition) is 3. The molecule has 3 heterocycles. The van der Waals surface area contributed by atoms with Crippen LogP contribution >= 0.6 is 0 Å². The predicted octanol–water partition coefficient (Wildman–Crippen LogP) is 0.887. The molecule has 0 unspecified atom stereocenters. The molecule has 2 saturated heterocycles. The lowest BCUT2D eigenvalue weighted by atomic mass is 10.0. The Hall–Kier alpha value is -1.85. The van der Waals surface area contributed by atoms with Crippen molar-refractivity contribution >= 4 is 11.8 Å². The second kappa shape index (κ2) is 6.28. The van der Waals surface area contributed by atoms with E-state index >= 15 is 0 Å². The summed E-state index contributed by atoms with van der Waals surface area (Å²) in [6, 6.07) is 2.10. The van der Waals surface area contributed by atoms with Crippen LogP contribution in [0, 0.1) is 0 Å². The van der Waals surface area contributed by atoms with Crippen LogP contribution in [0.4, 0.5) is 0 Å². The summed E-state index contributed by atoms with van der Waals surface area (Å²) >= 11 is 0. The highest BCUT2D eigenvalue weighted by Crippen LogP contribution is 2.19. The van der Waals surface area contributed by atoms with Crippen molar-refractivity contribution in [1.82, 2.24) is 19.6 Å². The van der Waals surface area contributed by atoms with Crippen molar-refractivity contribution in [3.05, 3.63) is 18.5 Å². The summed E-state index contributed by atoms with van der Waals surface area (Å²) in [5.41, 5.74) is 0. The average Bonchev–Trinajstić information content (AvgIpc) is 3.12. The molecule has 0 radical (unpaired) electrons. The number of piperidine rings is 1. The van der Waals surface area contributed by atoms with Crippen molar-refractivity contribution in [2.45, 2.75) is 44.7 Å². The van der Waals surface area contributed by atoms with Crippen LogP contribution in [0.25, 0.3) is 0 Å². The van der Waals surface area contributed by atoms with Gasteiger partial charge in [0.05, 0.1) is 19.1 Å². The van der Waals surface area contributed by atoms with Gasteiger partial charge in [-0.1, -0.05) is 0 Å². The Bertz CT molecular complexity index is 500. The van der Waals surface area contributed by atoms with E-state index in [0.29, 0.717) is 6.42 Å². The van der Waals surface area contributed by atoms with Crippen molar-refractivity contribution in [3.63, 3.8) is 0 Å². The Morgan fingerprint density at radius 1 is 1.29 bits per heavy atom. The third-order valence-corrected chi connectivity index (χ3v) is 4.40. The van der Waals surface area contributed by atoms with Gasteiger partial charge in [0.1, 0.15) is 0 Å². The molecular formula is C15H22N4O2. The number of aromatic nitrogens is 2. The second-order valence-electron chi connectivity index (χ2n) is 5.88. The Morgan fingerprint density at radius 3 is 2.90 bits per heavy atom. The van der Waals surface area contributed by atoms with Crippen LogP contribution in [-0.2, 0) is 16.1 Å². The van der Waals surface area contributed by atoms with Crippen molar-refractivity contribution in [2.75, 3.05) is 19.6 Å². The van der Waals surface area contributed by atoms with Crippen LogP contribution in [0.3, 0.4) is 0 Å². The second-order valence-corrected chi connectivity index (χ2v) is 5.88. The highest BCUT2D eigenvalue weighted by molar-refractivity contribution is 5.86. The first kappa shape index (κ1) is 14.1. The molecule has 2 aliphatic rings. The molecular weight excluding hydrogens is 268 g/mol. The van der Waals surface area contributed by atoms with Gasteiger partial charge < -0.3 is 9.80 Å². The highest BCUT2D eigenvalue weighted by Gasteiger charge is 2.30. The zero-order valence-corrected chi connectivity index (χ0v) is 12.3.